The molecule has 61 heavy (non-hydrogen) atoms. The number of aromatic nitrogens is 3. The minimum atomic E-state index is 0.651. The number of hydrogen-bond donors (Lipinski definition) is 0. The van der Waals surface area contributed by atoms with Gasteiger partial charge in [-0.05, 0) is 69.8 Å². The molecule has 0 aliphatic carbocycles. The van der Waals surface area contributed by atoms with E-state index in [1.54, 1.807) is 6.08 Å². The topological polar surface area (TPSA) is 30.7 Å². The number of fused-ring (bicyclic) bond motifs is 3. The summed E-state index contributed by atoms with van der Waals surface area (Å²) in [6.07, 6.45) is 10.0. The van der Waals surface area contributed by atoms with Gasteiger partial charge in [0.25, 0.3) is 0 Å². The number of nitrogens with zero attached hydrogens (tertiary/aromatic N) is 3. The molecule has 2 aromatic heterocycles. The van der Waals surface area contributed by atoms with Crippen LogP contribution in [-0.2, 0) is 0 Å². The van der Waals surface area contributed by atoms with Gasteiger partial charge in [0, 0.05) is 33.0 Å². The quantitative estimate of drug-likeness (QED) is 0.129. The third kappa shape index (κ3) is 7.41. The van der Waals surface area contributed by atoms with Crippen LogP contribution in [0, 0.1) is 0 Å². The zero-order valence-electron chi connectivity index (χ0n) is 33.6. The zero-order chi connectivity index (χ0) is 41.0. The first-order valence-corrected chi connectivity index (χ1v) is 20.6. The molecular formula is C58H41N3. The highest BCUT2D eigenvalue weighted by Crippen LogP contribution is 2.42. The van der Waals surface area contributed by atoms with Crippen molar-refractivity contribution < 1.29 is 0 Å². The molecule has 2 heterocycles. The first-order valence-electron chi connectivity index (χ1n) is 20.6. The lowest BCUT2D eigenvalue weighted by molar-refractivity contribution is 1.16. The second kappa shape index (κ2) is 16.6. The van der Waals surface area contributed by atoms with E-state index < -0.39 is 0 Å². The molecular weight excluding hydrogens is 739 g/mol. The maximum atomic E-state index is 5.35. The van der Waals surface area contributed by atoms with Gasteiger partial charge in [0.15, 0.2) is 5.82 Å². The summed E-state index contributed by atoms with van der Waals surface area (Å²) in [5.74, 6) is 0.651. The minimum absolute atomic E-state index is 0.651. The molecule has 0 saturated heterocycles. The van der Waals surface area contributed by atoms with E-state index in [0.29, 0.717) is 5.82 Å². The molecule has 0 amide bonds. The normalized spacial score (nSPS) is 11.5. The fourth-order valence-electron chi connectivity index (χ4n) is 8.27. The summed E-state index contributed by atoms with van der Waals surface area (Å²) in [5, 5.41) is 2.39. The molecule has 0 saturated carbocycles. The summed E-state index contributed by atoms with van der Waals surface area (Å²) in [6.45, 7) is 3.91. The minimum Gasteiger partial charge on any atom is -0.308 e. The molecule has 0 radical (unpaired) electrons. The Morgan fingerprint density at radius 2 is 0.885 bits per heavy atom. The monoisotopic (exact) mass is 779 g/mol. The van der Waals surface area contributed by atoms with Crippen LogP contribution in [0.1, 0.15) is 5.56 Å². The Kier molecular flexibility index (Phi) is 10.1. The molecule has 10 rings (SSSR count). The van der Waals surface area contributed by atoms with Gasteiger partial charge < -0.3 is 4.57 Å². The first-order chi connectivity index (χ1) is 30.2. The Hall–Kier alpha value is -8.14. The first kappa shape index (κ1) is 37.2. The Morgan fingerprint density at radius 3 is 1.54 bits per heavy atom. The summed E-state index contributed by atoms with van der Waals surface area (Å²) >= 11 is 0. The molecule has 0 atom stereocenters. The summed E-state index contributed by atoms with van der Waals surface area (Å²) in [7, 11) is 0. The van der Waals surface area contributed by atoms with Crippen LogP contribution < -0.4 is 0 Å². The maximum Gasteiger partial charge on any atom is 0.160 e. The third-order valence-electron chi connectivity index (χ3n) is 11.2. The van der Waals surface area contributed by atoms with Crippen molar-refractivity contribution in [3.05, 3.63) is 243 Å². The lowest BCUT2D eigenvalue weighted by Crippen LogP contribution is -2.03. The molecule has 10 aromatic rings. The Balaban J connectivity index is 1.23. The van der Waals surface area contributed by atoms with Crippen molar-refractivity contribution in [1.29, 1.82) is 0 Å². The molecule has 288 valence electrons. The van der Waals surface area contributed by atoms with Gasteiger partial charge in [0.05, 0.1) is 28.1 Å². The van der Waals surface area contributed by atoms with Crippen molar-refractivity contribution in [3.63, 3.8) is 0 Å². The number of benzene rings is 8. The lowest BCUT2D eigenvalue weighted by atomic mass is 9.95. The second-order valence-electron chi connectivity index (χ2n) is 15.0. The van der Waals surface area contributed by atoms with E-state index in [0.717, 1.165) is 67.1 Å². The Morgan fingerprint density at radius 1 is 0.377 bits per heavy atom. The smallest absolute Gasteiger partial charge is 0.160 e. The van der Waals surface area contributed by atoms with Crippen LogP contribution in [0.3, 0.4) is 0 Å². The van der Waals surface area contributed by atoms with Crippen molar-refractivity contribution >= 4 is 27.9 Å². The molecule has 8 aromatic carbocycles. The van der Waals surface area contributed by atoms with Crippen LogP contribution in [0.15, 0.2) is 237 Å². The summed E-state index contributed by atoms with van der Waals surface area (Å²) in [5.41, 5.74) is 15.9. The van der Waals surface area contributed by atoms with Crippen molar-refractivity contribution in [2.24, 2.45) is 0 Å². The van der Waals surface area contributed by atoms with Gasteiger partial charge in [-0.15, -0.1) is 0 Å². The van der Waals surface area contributed by atoms with Gasteiger partial charge in [0.2, 0.25) is 0 Å². The molecule has 0 bridgehead atoms. The van der Waals surface area contributed by atoms with Gasteiger partial charge in [-0.25, -0.2) is 9.97 Å². The van der Waals surface area contributed by atoms with Crippen LogP contribution in [0.2, 0.25) is 0 Å². The van der Waals surface area contributed by atoms with Crippen LogP contribution in [0.25, 0.3) is 101 Å². The number of rotatable bonds is 10. The molecule has 0 N–H and O–H groups in total. The zero-order valence-corrected chi connectivity index (χ0v) is 33.6. The molecule has 0 aliphatic heterocycles. The Labute approximate surface area is 356 Å². The van der Waals surface area contributed by atoms with Crippen molar-refractivity contribution in [1.82, 2.24) is 14.5 Å². The SMILES string of the molecule is C=C/C=C\C=C\c1cc(-c2nc(-c3ccccc3)cc(-c3ccc(-c4ccccc4)cc3)n2)cc(-c2ccccc2)c1-n1c2ccccc2c2cc(-c3ccccc3)ccc21. The predicted octanol–water partition coefficient (Wildman–Crippen LogP) is 15.3. The van der Waals surface area contributed by atoms with Gasteiger partial charge in [-0.1, -0.05) is 207 Å². The van der Waals surface area contributed by atoms with E-state index in [9.17, 15) is 0 Å². The second-order valence-corrected chi connectivity index (χ2v) is 15.0. The van der Waals surface area contributed by atoms with Gasteiger partial charge >= 0.3 is 0 Å². The fourth-order valence-corrected chi connectivity index (χ4v) is 8.27. The van der Waals surface area contributed by atoms with E-state index in [4.69, 9.17) is 9.97 Å². The molecule has 3 heteroatoms. The highest BCUT2D eigenvalue weighted by molar-refractivity contribution is 6.11. The van der Waals surface area contributed by atoms with Crippen LogP contribution >= 0.6 is 0 Å². The van der Waals surface area contributed by atoms with E-state index in [-0.39, 0.29) is 0 Å². The molecule has 0 unspecified atom stereocenters. The van der Waals surface area contributed by atoms with Crippen molar-refractivity contribution in [2.75, 3.05) is 0 Å². The van der Waals surface area contributed by atoms with Crippen LogP contribution in [0.4, 0.5) is 0 Å². The van der Waals surface area contributed by atoms with Crippen LogP contribution in [-0.4, -0.2) is 14.5 Å². The lowest BCUT2D eigenvalue weighted by Gasteiger charge is -2.19. The molecule has 0 fully saturated rings. The van der Waals surface area contributed by atoms with Crippen LogP contribution in [0.5, 0.6) is 0 Å². The van der Waals surface area contributed by atoms with Crippen molar-refractivity contribution in [2.45, 2.75) is 0 Å². The standard InChI is InChI=1S/C58H41N3/c1-2-3-4-9-28-48-37-49(58-59-53(45-26-16-8-17-27-45)40-54(60-58)46-33-31-43(32-34-46)41-20-10-5-11-21-41)39-51(44-24-14-7-15-25-44)57(48)61-55-30-19-18-29-50(55)52-38-47(35-36-56(52)61)42-22-12-6-13-23-42/h2-40H,1H2/b4-3-,28-9+. The predicted molar refractivity (Wildman–Crippen MR) is 257 cm³/mol. The summed E-state index contributed by atoms with van der Waals surface area (Å²) < 4.78 is 2.43. The highest BCUT2D eigenvalue weighted by atomic mass is 15.0. The fraction of sp³-hybridized carbons (Fsp3) is 0. The number of para-hydroxylation sites is 1. The van der Waals surface area contributed by atoms with E-state index in [1.165, 1.54) is 27.5 Å². The molecule has 3 nitrogen and oxygen atoms in total. The van der Waals surface area contributed by atoms with Crippen molar-refractivity contribution in [3.8, 4) is 73.0 Å². The number of hydrogen-bond acceptors (Lipinski definition) is 2. The van der Waals surface area contributed by atoms with Gasteiger partial charge in [0.1, 0.15) is 0 Å². The van der Waals surface area contributed by atoms with Gasteiger partial charge in [-0.2, -0.15) is 0 Å². The number of allylic oxidation sites excluding steroid dienone is 4. The largest absolute Gasteiger partial charge is 0.308 e. The van der Waals surface area contributed by atoms with E-state index >= 15 is 0 Å². The third-order valence-corrected chi connectivity index (χ3v) is 11.2. The molecule has 0 aliphatic rings. The average molecular weight is 780 g/mol. The average Bonchev–Trinajstić information content (AvgIpc) is 3.67. The van der Waals surface area contributed by atoms with E-state index in [1.807, 2.05) is 24.3 Å². The summed E-state index contributed by atoms with van der Waals surface area (Å²) in [6, 6.07) is 73.0. The molecule has 0 spiro atoms. The maximum absolute atomic E-state index is 5.35. The summed E-state index contributed by atoms with van der Waals surface area (Å²) in [4.78, 5) is 10.7. The van der Waals surface area contributed by atoms with E-state index in [2.05, 4.69) is 217 Å². The van der Waals surface area contributed by atoms with Gasteiger partial charge in [-0.3, -0.25) is 0 Å². The Bertz CT molecular complexity index is 3220. The highest BCUT2D eigenvalue weighted by Gasteiger charge is 2.21.